The standard InChI is InChI=1S/C29H49NO5/c1-4-21-24-14-20(32)9-11-29(24,3)23-10-12-28(2)19(7-8-22(28)25(23)26(21)33)6-5-13-35-27(34)30-15-18(16-30)17-31/h18-26,31-33H,4-17H2,1-3H3/t19-,20+,21+,22-,23-,24-,25-,26+,28+,29+/m0/s1. The molecule has 0 radical (unpaired) electrons. The molecule has 6 nitrogen and oxygen atoms in total. The van der Waals surface area contributed by atoms with Crippen molar-refractivity contribution in [3.8, 4) is 0 Å². The van der Waals surface area contributed by atoms with Gasteiger partial charge in [0.1, 0.15) is 0 Å². The van der Waals surface area contributed by atoms with Crippen molar-refractivity contribution in [3.63, 3.8) is 0 Å². The fourth-order valence-corrected chi connectivity index (χ4v) is 9.96. The van der Waals surface area contributed by atoms with Gasteiger partial charge in [-0.1, -0.05) is 27.2 Å². The topological polar surface area (TPSA) is 90.2 Å². The monoisotopic (exact) mass is 491 g/mol. The van der Waals surface area contributed by atoms with Crippen LogP contribution in [0.3, 0.4) is 0 Å². The van der Waals surface area contributed by atoms with E-state index in [-0.39, 0.29) is 41.7 Å². The minimum Gasteiger partial charge on any atom is -0.449 e. The van der Waals surface area contributed by atoms with Crippen LogP contribution in [0, 0.1) is 52.3 Å². The average molecular weight is 492 g/mol. The van der Waals surface area contributed by atoms with Gasteiger partial charge in [-0.15, -0.1) is 0 Å². The first kappa shape index (κ1) is 25.8. The molecule has 1 saturated heterocycles. The second-order valence-electron chi connectivity index (χ2n) is 13.4. The van der Waals surface area contributed by atoms with E-state index in [4.69, 9.17) is 9.84 Å². The lowest BCUT2D eigenvalue weighted by atomic mass is 9.41. The van der Waals surface area contributed by atoms with Gasteiger partial charge in [0.15, 0.2) is 0 Å². The first-order valence-electron chi connectivity index (χ1n) is 14.6. The number of likely N-dealkylation sites (tertiary alicyclic amines) is 1. The van der Waals surface area contributed by atoms with Crippen molar-refractivity contribution in [1.82, 2.24) is 4.90 Å². The predicted molar refractivity (Wildman–Crippen MR) is 135 cm³/mol. The van der Waals surface area contributed by atoms with Crippen LogP contribution in [0.5, 0.6) is 0 Å². The Morgan fingerprint density at radius 3 is 2.43 bits per heavy atom. The molecule has 0 aromatic heterocycles. The van der Waals surface area contributed by atoms with Gasteiger partial charge in [0, 0.05) is 25.6 Å². The summed E-state index contributed by atoms with van der Waals surface area (Å²) >= 11 is 0. The Hall–Kier alpha value is -0.850. The van der Waals surface area contributed by atoms with Crippen molar-refractivity contribution >= 4 is 6.09 Å². The number of carbonyl (C=O) groups is 1. The first-order chi connectivity index (χ1) is 16.7. The van der Waals surface area contributed by atoms with Crippen LogP contribution in [0.25, 0.3) is 0 Å². The molecule has 0 aromatic carbocycles. The lowest BCUT2D eigenvalue weighted by Gasteiger charge is -2.64. The van der Waals surface area contributed by atoms with E-state index in [0.29, 0.717) is 55.2 Å². The number of aliphatic hydroxyl groups excluding tert-OH is 3. The molecule has 5 aliphatic rings. The van der Waals surface area contributed by atoms with Crippen LogP contribution in [-0.2, 0) is 4.74 Å². The van der Waals surface area contributed by atoms with Gasteiger partial charge < -0.3 is 25.0 Å². The number of hydrogen-bond donors (Lipinski definition) is 3. The molecule has 5 rings (SSSR count). The molecule has 5 fully saturated rings. The molecule has 10 atom stereocenters. The largest absolute Gasteiger partial charge is 0.449 e. The highest BCUT2D eigenvalue weighted by atomic mass is 16.6. The highest BCUT2D eigenvalue weighted by molar-refractivity contribution is 5.68. The lowest BCUT2D eigenvalue weighted by molar-refractivity contribution is -0.202. The molecule has 1 aliphatic heterocycles. The summed E-state index contributed by atoms with van der Waals surface area (Å²) in [4.78, 5) is 13.9. The third-order valence-electron chi connectivity index (χ3n) is 12.0. The van der Waals surface area contributed by atoms with Crippen LogP contribution in [0.15, 0.2) is 0 Å². The Balaban J connectivity index is 1.21. The summed E-state index contributed by atoms with van der Waals surface area (Å²) < 4.78 is 5.53. The Labute approximate surface area is 211 Å². The number of rotatable bonds is 6. The normalized spacial score (nSPS) is 47.4. The molecule has 3 N–H and O–H groups in total. The Morgan fingerprint density at radius 1 is 1.00 bits per heavy atom. The van der Waals surface area contributed by atoms with Crippen LogP contribution >= 0.6 is 0 Å². The molecule has 35 heavy (non-hydrogen) atoms. The third-order valence-corrected chi connectivity index (χ3v) is 12.0. The van der Waals surface area contributed by atoms with Crippen molar-refractivity contribution < 1.29 is 24.9 Å². The molecular weight excluding hydrogens is 442 g/mol. The summed E-state index contributed by atoms with van der Waals surface area (Å²) in [5.74, 6) is 3.16. The van der Waals surface area contributed by atoms with Crippen LogP contribution in [0.2, 0.25) is 0 Å². The van der Waals surface area contributed by atoms with E-state index in [0.717, 1.165) is 38.5 Å². The molecule has 1 amide bonds. The van der Waals surface area contributed by atoms with Gasteiger partial charge in [-0.2, -0.15) is 0 Å². The zero-order valence-electron chi connectivity index (χ0n) is 22.2. The predicted octanol–water partition coefficient (Wildman–Crippen LogP) is 4.45. The van der Waals surface area contributed by atoms with Crippen molar-refractivity contribution in [2.75, 3.05) is 26.3 Å². The van der Waals surface area contributed by atoms with E-state index in [1.807, 2.05) is 0 Å². The van der Waals surface area contributed by atoms with Crippen LogP contribution in [-0.4, -0.2) is 64.8 Å². The van der Waals surface area contributed by atoms with Gasteiger partial charge in [-0.25, -0.2) is 4.79 Å². The maximum atomic E-state index is 12.2. The second-order valence-corrected chi connectivity index (χ2v) is 13.4. The fourth-order valence-electron chi connectivity index (χ4n) is 9.96. The van der Waals surface area contributed by atoms with E-state index in [2.05, 4.69) is 20.8 Å². The number of hydrogen-bond acceptors (Lipinski definition) is 5. The fraction of sp³-hybridized carbons (Fsp3) is 0.966. The van der Waals surface area contributed by atoms with Crippen LogP contribution < -0.4 is 0 Å². The van der Waals surface area contributed by atoms with Crippen molar-refractivity contribution in [2.45, 2.75) is 97.2 Å². The molecule has 4 aliphatic carbocycles. The van der Waals surface area contributed by atoms with Gasteiger partial charge in [0.25, 0.3) is 0 Å². The summed E-state index contributed by atoms with van der Waals surface area (Å²) in [6.45, 7) is 9.08. The molecule has 0 bridgehead atoms. The zero-order valence-corrected chi connectivity index (χ0v) is 22.2. The van der Waals surface area contributed by atoms with Gasteiger partial charge in [0.05, 0.1) is 18.8 Å². The van der Waals surface area contributed by atoms with E-state index in [9.17, 15) is 15.0 Å². The highest BCUT2D eigenvalue weighted by Gasteiger charge is 2.64. The van der Waals surface area contributed by atoms with Crippen molar-refractivity contribution in [1.29, 1.82) is 0 Å². The molecule has 0 aromatic rings. The number of aliphatic hydroxyl groups is 3. The first-order valence-corrected chi connectivity index (χ1v) is 14.6. The minimum atomic E-state index is -0.239. The van der Waals surface area contributed by atoms with E-state index < -0.39 is 0 Å². The smallest absolute Gasteiger partial charge is 0.409 e. The molecule has 0 spiro atoms. The molecule has 6 heteroatoms. The van der Waals surface area contributed by atoms with Gasteiger partial charge in [-0.05, 0) is 104 Å². The lowest BCUT2D eigenvalue weighted by Crippen LogP contribution is -2.62. The maximum absolute atomic E-state index is 12.2. The quantitative estimate of drug-likeness (QED) is 0.478. The summed E-state index contributed by atoms with van der Waals surface area (Å²) in [6.07, 6.45) is 10.1. The highest BCUT2D eigenvalue weighted by Crippen LogP contribution is 2.69. The molecule has 1 heterocycles. The van der Waals surface area contributed by atoms with E-state index in [1.54, 1.807) is 4.90 Å². The number of fused-ring (bicyclic) bond motifs is 5. The summed E-state index contributed by atoms with van der Waals surface area (Å²) in [5.41, 5.74) is 0.525. The Morgan fingerprint density at radius 2 is 1.71 bits per heavy atom. The summed E-state index contributed by atoms with van der Waals surface area (Å²) in [5, 5.41) is 31.4. The SMILES string of the molecule is CC[C@H]1[C@@H](O)[C@@H]2[C@H](CC[C@]3(C)[C@@H](CCCOC(=O)N4CC(CO)C4)CC[C@@H]23)[C@@]2(C)CC[C@@H](O)C[C@@H]12. The minimum absolute atomic E-state index is 0.141. The molecule has 4 saturated carbocycles. The number of nitrogens with zero attached hydrogens (tertiary/aromatic N) is 1. The van der Waals surface area contributed by atoms with Crippen molar-refractivity contribution in [2.24, 2.45) is 52.3 Å². The molecular formula is C29H49NO5. The second kappa shape index (κ2) is 9.79. The van der Waals surface area contributed by atoms with E-state index >= 15 is 0 Å². The number of ether oxygens (including phenoxy) is 1. The molecule has 0 unspecified atom stereocenters. The number of carbonyl (C=O) groups excluding carboxylic acids is 1. The maximum Gasteiger partial charge on any atom is 0.409 e. The van der Waals surface area contributed by atoms with Crippen molar-refractivity contribution in [3.05, 3.63) is 0 Å². The summed E-state index contributed by atoms with van der Waals surface area (Å²) in [7, 11) is 0. The molecule has 200 valence electrons. The average Bonchev–Trinajstić information content (AvgIpc) is 3.13. The van der Waals surface area contributed by atoms with Gasteiger partial charge in [-0.3, -0.25) is 0 Å². The summed E-state index contributed by atoms with van der Waals surface area (Å²) in [6, 6.07) is 0. The van der Waals surface area contributed by atoms with Crippen LogP contribution in [0.4, 0.5) is 4.79 Å². The van der Waals surface area contributed by atoms with E-state index in [1.165, 1.54) is 25.7 Å². The Kier molecular flexibility index (Phi) is 7.22. The van der Waals surface area contributed by atoms with Crippen LogP contribution in [0.1, 0.15) is 85.0 Å². The third kappa shape index (κ3) is 4.24. The number of amides is 1. The zero-order chi connectivity index (χ0) is 25.0. The van der Waals surface area contributed by atoms with Gasteiger partial charge in [0.2, 0.25) is 0 Å². The van der Waals surface area contributed by atoms with Gasteiger partial charge >= 0.3 is 6.09 Å². The Bertz CT molecular complexity index is 770.